The molecule has 4 nitrogen and oxygen atoms in total. The summed E-state index contributed by atoms with van der Waals surface area (Å²) in [7, 11) is 3.40. The summed E-state index contributed by atoms with van der Waals surface area (Å²) in [5.41, 5.74) is 7.39. The van der Waals surface area contributed by atoms with Crippen LogP contribution in [0.5, 0.6) is 5.75 Å². The van der Waals surface area contributed by atoms with Crippen LogP contribution in [0, 0.1) is 0 Å². The standard InChI is InChI=1S/C15H26N2O2/c1-5-17(10-11-18-3)15(12(2)16)13-6-8-14(19-4)9-7-13/h6-9,12,15H,5,10-11,16H2,1-4H3. The van der Waals surface area contributed by atoms with E-state index in [1.807, 2.05) is 19.1 Å². The van der Waals surface area contributed by atoms with Gasteiger partial charge in [0.25, 0.3) is 0 Å². The molecular formula is C15H26N2O2. The number of methoxy groups -OCH3 is 2. The molecule has 2 atom stereocenters. The van der Waals surface area contributed by atoms with Crippen molar-refractivity contribution in [3.63, 3.8) is 0 Å². The number of likely N-dealkylation sites (N-methyl/N-ethyl adjacent to an activating group) is 1. The maximum atomic E-state index is 6.17. The maximum absolute atomic E-state index is 6.17. The van der Waals surface area contributed by atoms with Crippen LogP contribution in [0.4, 0.5) is 0 Å². The minimum Gasteiger partial charge on any atom is -0.497 e. The van der Waals surface area contributed by atoms with Gasteiger partial charge in [0.05, 0.1) is 13.7 Å². The van der Waals surface area contributed by atoms with Gasteiger partial charge in [-0.25, -0.2) is 0 Å². The van der Waals surface area contributed by atoms with Gasteiger partial charge in [-0.3, -0.25) is 4.90 Å². The number of rotatable bonds is 8. The molecule has 2 unspecified atom stereocenters. The SMILES string of the molecule is CCN(CCOC)C(c1ccc(OC)cc1)C(C)N. The second-order valence-electron chi connectivity index (χ2n) is 4.70. The molecule has 0 aromatic heterocycles. The van der Waals surface area contributed by atoms with Crippen molar-refractivity contribution in [3.05, 3.63) is 29.8 Å². The third-order valence-corrected chi connectivity index (χ3v) is 3.34. The lowest BCUT2D eigenvalue weighted by atomic mass is 9.99. The second-order valence-corrected chi connectivity index (χ2v) is 4.70. The Kier molecular flexibility index (Phi) is 6.84. The fourth-order valence-corrected chi connectivity index (χ4v) is 2.35. The van der Waals surface area contributed by atoms with E-state index in [1.165, 1.54) is 5.56 Å². The van der Waals surface area contributed by atoms with Crippen LogP contribution in [0.15, 0.2) is 24.3 Å². The van der Waals surface area contributed by atoms with Gasteiger partial charge in [-0.2, -0.15) is 0 Å². The highest BCUT2D eigenvalue weighted by atomic mass is 16.5. The second kappa shape index (κ2) is 8.15. The molecule has 0 saturated carbocycles. The molecule has 0 radical (unpaired) electrons. The van der Waals surface area contributed by atoms with E-state index in [2.05, 4.69) is 24.0 Å². The summed E-state index contributed by atoms with van der Waals surface area (Å²) in [6.07, 6.45) is 0. The lowest BCUT2D eigenvalue weighted by molar-refractivity contribution is 0.115. The van der Waals surface area contributed by atoms with E-state index in [-0.39, 0.29) is 12.1 Å². The first-order chi connectivity index (χ1) is 9.13. The summed E-state index contributed by atoms with van der Waals surface area (Å²) in [6.45, 7) is 6.74. The summed E-state index contributed by atoms with van der Waals surface area (Å²) in [6, 6.07) is 8.39. The van der Waals surface area contributed by atoms with Crippen LogP contribution in [-0.2, 0) is 4.74 Å². The Morgan fingerprint density at radius 3 is 2.26 bits per heavy atom. The van der Waals surface area contributed by atoms with Gasteiger partial charge >= 0.3 is 0 Å². The van der Waals surface area contributed by atoms with Gasteiger partial charge in [0.1, 0.15) is 5.75 Å². The van der Waals surface area contributed by atoms with Crippen molar-refractivity contribution < 1.29 is 9.47 Å². The van der Waals surface area contributed by atoms with Crippen molar-refractivity contribution in [1.82, 2.24) is 4.90 Å². The Bertz CT molecular complexity index is 352. The van der Waals surface area contributed by atoms with E-state index in [0.717, 1.165) is 18.8 Å². The Hall–Kier alpha value is -1.10. The molecule has 0 aliphatic heterocycles. The van der Waals surface area contributed by atoms with Crippen LogP contribution in [0.2, 0.25) is 0 Å². The lowest BCUT2D eigenvalue weighted by Crippen LogP contribution is -2.41. The Labute approximate surface area is 116 Å². The Balaban J connectivity index is 2.90. The lowest BCUT2D eigenvalue weighted by Gasteiger charge is -2.33. The molecule has 0 aliphatic carbocycles. The predicted octanol–water partition coefficient (Wildman–Crippen LogP) is 2.05. The predicted molar refractivity (Wildman–Crippen MR) is 78.5 cm³/mol. The van der Waals surface area contributed by atoms with Gasteiger partial charge in [0, 0.05) is 25.7 Å². The van der Waals surface area contributed by atoms with Gasteiger partial charge in [-0.1, -0.05) is 19.1 Å². The molecule has 1 aromatic rings. The van der Waals surface area contributed by atoms with Crippen LogP contribution in [0.1, 0.15) is 25.5 Å². The molecule has 0 saturated heterocycles. The van der Waals surface area contributed by atoms with Gasteiger partial charge in [0.2, 0.25) is 0 Å². The number of hydrogen-bond donors (Lipinski definition) is 1. The number of ether oxygens (including phenoxy) is 2. The Morgan fingerprint density at radius 2 is 1.84 bits per heavy atom. The molecule has 4 heteroatoms. The molecule has 0 amide bonds. The fourth-order valence-electron chi connectivity index (χ4n) is 2.35. The largest absolute Gasteiger partial charge is 0.497 e. The highest BCUT2D eigenvalue weighted by molar-refractivity contribution is 5.29. The zero-order valence-electron chi connectivity index (χ0n) is 12.4. The first-order valence-electron chi connectivity index (χ1n) is 6.76. The molecule has 19 heavy (non-hydrogen) atoms. The average Bonchev–Trinajstić information content (AvgIpc) is 2.43. The Morgan fingerprint density at radius 1 is 1.21 bits per heavy atom. The quantitative estimate of drug-likeness (QED) is 0.782. The zero-order valence-corrected chi connectivity index (χ0v) is 12.4. The van der Waals surface area contributed by atoms with Crippen LogP contribution in [0.25, 0.3) is 0 Å². The average molecular weight is 266 g/mol. The molecule has 2 N–H and O–H groups in total. The molecule has 0 aliphatic rings. The van der Waals surface area contributed by atoms with E-state index in [4.69, 9.17) is 15.2 Å². The van der Waals surface area contributed by atoms with Crippen molar-refractivity contribution in [2.45, 2.75) is 25.9 Å². The van der Waals surface area contributed by atoms with Crippen molar-refractivity contribution in [2.75, 3.05) is 33.9 Å². The summed E-state index contributed by atoms with van der Waals surface area (Å²) >= 11 is 0. The van der Waals surface area contributed by atoms with Crippen LogP contribution in [-0.4, -0.2) is 44.9 Å². The minimum atomic E-state index is 0.0604. The molecule has 0 heterocycles. The smallest absolute Gasteiger partial charge is 0.118 e. The first kappa shape index (κ1) is 16.0. The zero-order chi connectivity index (χ0) is 14.3. The van der Waals surface area contributed by atoms with E-state index in [0.29, 0.717) is 6.61 Å². The molecule has 0 spiro atoms. The van der Waals surface area contributed by atoms with Crippen molar-refractivity contribution in [3.8, 4) is 5.75 Å². The summed E-state index contributed by atoms with van der Waals surface area (Å²) < 4.78 is 10.4. The molecule has 0 fully saturated rings. The van der Waals surface area contributed by atoms with Crippen molar-refractivity contribution in [1.29, 1.82) is 0 Å². The maximum Gasteiger partial charge on any atom is 0.118 e. The van der Waals surface area contributed by atoms with Gasteiger partial charge < -0.3 is 15.2 Å². The fraction of sp³-hybridized carbons (Fsp3) is 0.600. The van der Waals surface area contributed by atoms with Crippen LogP contribution < -0.4 is 10.5 Å². The van der Waals surface area contributed by atoms with Crippen molar-refractivity contribution >= 4 is 0 Å². The number of nitrogens with zero attached hydrogens (tertiary/aromatic N) is 1. The number of benzene rings is 1. The van der Waals surface area contributed by atoms with Crippen LogP contribution >= 0.6 is 0 Å². The molecule has 0 bridgehead atoms. The third-order valence-electron chi connectivity index (χ3n) is 3.34. The van der Waals surface area contributed by atoms with E-state index in [9.17, 15) is 0 Å². The minimum absolute atomic E-state index is 0.0604. The monoisotopic (exact) mass is 266 g/mol. The number of nitrogens with two attached hydrogens (primary N) is 1. The number of hydrogen-bond acceptors (Lipinski definition) is 4. The third kappa shape index (κ3) is 4.49. The summed E-state index contributed by atoms with van der Waals surface area (Å²) in [5, 5.41) is 0. The molecule has 1 rings (SSSR count). The van der Waals surface area contributed by atoms with Gasteiger partial charge in [-0.15, -0.1) is 0 Å². The molecule has 1 aromatic carbocycles. The van der Waals surface area contributed by atoms with E-state index in [1.54, 1.807) is 14.2 Å². The van der Waals surface area contributed by atoms with E-state index >= 15 is 0 Å². The summed E-state index contributed by atoms with van der Waals surface area (Å²) in [4.78, 5) is 2.34. The normalized spacial score (nSPS) is 14.4. The van der Waals surface area contributed by atoms with Gasteiger partial charge in [-0.05, 0) is 31.2 Å². The van der Waals surface area contributed by atoms with Gasteiger partial charge in [0.15, 0.2) is 0 Å². The molecular weight excluding hydrogens is 240 g/mol. The van der Waals surface area contributed by atoms with E-state index < -0.39 is 0 Å². The molecule has 108 valence electrons. The summed E-state index contributed by atoms with van der Waals surface area (Å²) in [5.74, 6) is 0.868. The van der Waals surface area contributed by atoms with Crippen LogP contribution in [0.3, 0.4) is 0 Å². The van der Waals surface area contributed by atoms with Crippen molar-refractivity contribution in [2.24, 2.45) is 5.73 Å². The highest BCUT2D eigenvalue weighted by Gasteiger charge is 2.22. The topological polar surface area (TPSA) is 47.7 Å². The highest BCUT2D eigenvalue weighted by Crippen LogP contribution is 2.25. The first-order valence-corrected chi connectivity index (χ1v) is 6.76.